The lowest BCUT2D eigenvalue weighted by Crippen LogP contribution is -2.58. The molecule has 3 aliphatic heterocycles. The van der Waals surface area contributed by atoms with Gasteiger partial charge in [-0.3, -0.25) is 18.9 Å². The Morgan fingerprint density at radius 2 is 1.93 bits per heavy atom. The summed E-state index contributed by atoms with van der Waals surface area (Å²) in [6, 6.07) is 12.7. The van der Waals surface area contributed by atoms with E-state index in [9.17, 15) is 28.7 Å². The highest BCUT2D eigenvalue weighted by Crippen LogP contribution is 2.40. The molecule has 1 aromatic carbocycles. The second kappa shape index (κ2) is 11.2. The number of likely N-dealkylation sites (tertiary alicyclic amines) is 1. The van der Waals surface area contributed by atoms with Gasteiger partial charge in [-0.15, -0.1) is 11.3 Å². The molecule has 2 aromatic heterocycles. The van der Waals surface area contributed by atoms with Gasteiger partial charge in [0.05, 0.1) is 11.0 Å². The third-order valence-electron chi connectivity index (χ3n) is 8.37. The summed E-state index contributed by atoms with van der Waals surface area (Å²) >= 11 is 1.25. The Bertz CT molecular complexity index is 1660. The van der Waals surface area contributed by atoms with Crippen molar-refractivity contribution in [2.45, 2.75) is 62.3 Å². The molecular weight excluding hydrogens is 577 g/mol. The molecule has 3 N–H and O–H groups in total. The number of nitrogens with zero attached hydrogens (tertiary/aromatic N) is 4. The standard InChI is InChI=1S/C29H30N5O6PS/c30-13-20-3-1-5-22(31-20)19-14-33(15-19)29(37)24-9-8-21-4-2-6-23(28(36)34(21)24)32-27(35)26-12-18-11-17(16-41(38,39)40)7-10-25(18)42-26/h1,3,5,7,10-12,19,21,23-24H,2,4,6,8-9,14-16H2,(H,32,35)(H2,38,39,40)/t21-,23-,24-/m0/s1. The zero-order chi connectivity index (χ0) is 29.6. The number of pyridine rings is 1. The van der Waals surface area contributed by atoms with Crippen LogP contribution < -0.4 is 5.32 Å². The van der Waals surface area contributed by atoms with Crippen LogP contribution in [0.3, 0.4) is 0 Å². The number of fused-ring (bicyclic) bond motifs is 2. The number of thiophene rings is 1. The zero-order valence-electron chi connectivity index (χ0n) is 22.7. The number of nitrogens with one attached hydrogen (secondary N) is 1. The number of hydrogen-bond acceptors (Lipinski definition) is 7. The second-order valence-electron chi connectivity index (χ2n) is 11.3. The van der Waals surface area contributed by atoms with E-state index in [0.29, 0.717) is 47.5 Å². The number of rotatable bonds is 6. The molecule has 0 radical (unpaired) electrons. The van der Waals surface area contributed by atoms with Crippen LogP contribution in [-0.2, 0) is 20.3 Å². The van der Waals surface area contributed by atoms with Gasteiger partial charge in [0.1, 0.15) is 23.8 Å². The molecule has 11 nitrogen and oxygen atoms in total. The Labute approximate surface area is 246 Å². The quantitative estimate of drug-likeness (QED) is 0.360. The van der Waals surface area contributed by atoms with Crippen molar-refractivity contribution in [2.24, 2.45) is 0 Å². The maximum Gasteiger partial charge on any atom is 0.329 e. The predicted octanol–water partition coefficient (Wildman–Crippen LogP) is 3.11. The van der Waals surface area contributed by atoms with Crippen molar-refractivity contribution in [2.75, 3.05) is 13.1 Å². The normalized spacial score (nSPS) is 22.8. The molecule has 42 heavy (non-hydrogen) atoms. The first-order valence-corrected chi connectivity index (χ1v) is 16.6. The summed E-state index contributed by atoms with van der Waals surface area (Å²) in [7, 11) is -4.22. The molecule has 3 saturated heterocycles. The number of hydrogen-bond donors (Lipinski definition) is 3. The van der Waals surface area contributed by atoms with Crippen molar-refractivity contribution >= 4 is 46.7 Å². The summed E-state index contributed by atoms with van der Waals surface area (Å²) < 4.78 is 12.2. The third kappa shape index (κ3) is 5.70. The fourth-order valence-electron chi connectivity index (χ4n) is 6.30. The Hall–Kier alpha value is -3.62. The van der Waals surface area contributed by atoms with Crippen LogP contribution in [0.2, 0.25) is 0 Å². The highest BCUT2D eigenvalue weighted by molar-refractivity contribution is 7.50. The van der Waals surface area contributed by atoms with Crippen molar-refractivity contribution in [3.05, 3.63) is 64.3 Å². The number of nitriles is 1. The summed E-state index contributed by atoms with van der Waals surface area (Å²) in [5, 5.41) is 12.7. The Morgan fingerprint density at radius 1 is 1.12 bits per heavy atom. The van der Waals surface area contributed by atoms with E-state index >= 15 is 0 Å². The van der Waals surface area contributed by atoms with E-state index in [-0.39, 0.29) is 35.8 Å². The van der Waals surface area contributed by atoms with Gasteiger partial charge in [-0.2, -0.15) is 5.26 Å². The van der Waals surface area contributed by atoms with E-state index in [1.807, 2.05) is 12.1 Å². The first-order valence-electron chi connectivity index (χ1n) is 14.0. The van der Waals surface area contributed by atoms with Crippen molar-refractivity contribution in [1.82, 2.24) is 20.1 Å². The summed E-state index contributed by atoms with van der Waals surface area (Å²) in [5.41, 5.74) is 1.62. The Kier molecular flexibility index (Phi) is 7.62. The van der Waals surface area contributed by atoms with Crippen LogP contribution in [-0.4, -0.2) is 73.5 Å². The van der Waals surface area contributed by atoms with Crippen molar-refractivity contribution < 1.29 is 28.7 Å². The maximum absolute atomic E-state index is 13.8. The van der Waals surface area contributed by atoms with Gasteiger partial charge in [0, 0.05) is 35.4 Å². The lowest BCUT2D eigenvalue weighted by molar-refractivity contribution is -0.148. The molecule has 218 valence electrons. The molecule has 0 saturated carbocycles. The van der Waals surface area contributed by atoms with E-state index < -0.39 is 19.7 Å². The second-order valence-corrected chi connectivity index (χ2v) is 14.0. The van der Waals surface area contributed by atoms with Gasteiger partial charge >= 0.3 is 7.60 Å². The number of amides is 3. The van der Waals surface area contributed by atoms with E-state index in [2.05, 4.69) is 10.3 Å². The number of carbonyl (C=O) groups is 3. The van der Waals surface area contributed by atoms with Gasteiger partial charge in [-0.25, -0.2) is 4.98 Å². The Balaban J connectivity index is 1.12. The maximum atomic E-state index is 13.8. The van der Waals surface area contributed by atoms with Crippen LogP contribution in [0.1, 0.15) is 64.6 Å². The van der Waals surface area contributed by atoms with Crippen LogP contribution in [0.5, 0.6) is 0 Å². The molecule has 3 atom stereocenters. The van der Waals surface area contributed by atoms with Crippen LogP contribution in [0.25, 0.3) is 10.1 Å². The highest BCUT2D eigenvalue weighted by atomic mass is 32.1. The minimum atomic E-state index is -4.22. The average Bonchev–Trinajstić information content (AvgIpc) is 3.51. The van der Waals surface area contributed by atoms with Gasteiger partial charge in [-0.05, 0) is 73.4 Å². The van der Waals surface area contributed by atoms with Gasteiger partial charge < -0.3 is 24.9 Å². The summed E-state index contributed by atoms with van der Waals surface area (Å²) in [6.45, 7) is 0.984. The zero-order valence-corrected chi connectivity index (χ0v) is 24.4. The van der Waals surface area contributed by atoms with Crippen molar-refractivity contribution in [1.29, 1.82) is 5.26 Å². The molecule has 3 amide bonds. The number of aromatic nitrogens is 1. The molecule has 13 heteroatoms. The molecule has 0 unspecified atom stereocenters. The highest BCUT2D eigenvalue weighted by Gasteiger charge is 2.47. The molecule has 6 rings (SSSR count). The van der Waals surface area contributed by atoms with E-state index in [1.165, 1.54) is 11.3 Å². The third-order valence-corrected chi connectivity index (χ3v) is 10.3. The first kappa shape index (κ1) is 28.5. The van der Waals surface area contributed by atoms with Crippen LogP contribution in [0.4, 0.5) is 0 Å². The molecule has 0 bridgehead atoms. The fraction of sp³-hybridized carbons (Fsp3) is 0.414. The van der Waals surface area contributed by atoms with E-state index in [1.54, 1.807) is 46.2 Å². The minimum absolute atomic E-state index is 0.0313. The van der Waals surface area contributed by atoms with Crippen molar-refractivity contribution in [3.8, 4) is 6.07 Å². The van der Waals surface area contributed by atoms with Gasteiger partial charge in [-0.1, -0.05) is 12.1 Å². The van der Waals surface area contributed by atoms with Crippen LogP contribution in [0.15, 0.2) is 42.5 Å². The molecule has 3 aliphatic rings. The lowest BCUT2D eigenvalue weighted by Gasteiger charge is -2.42. The van der Waals surface area contributed by atoms with Crippen molar-refractivity contribution in [3.63, 3.8) is 0 Å². The topological polar surface area (TPSA) is 164 Å². The summed E-state index contributed by atoms with van der Waals surface area (Å²) in [4.78, 5) is 67.3. The molecule has 0 aliphatic carbocycles. The Morgan fingerprint density at radius 3 is 2.69 bits per heavy atom. The molecule has 3 aromatic rings. The molecular formula is C29H30N5O6PS. The van der Waals surface area contributed by atoms with Gasteiger partial charge in [0.2, 0.25) is 11.8 Å². The average molecular weight is 608 g/mol. The first-order chi connectivity index (χ1) is 20.1. The SMILES string of the molecule is N#Cc1cccc(C2CN(C(=O)[C@@H]3CC[C@@H]4CCC[C@H](NC(=O)c5cc6cc(CP(=O)(O)O)ccc6s5)C(=O)N43)C2)n1. The number of carbonyl (C=O) groups excluding carboxylic acids is 3. The summed E-state index contributed by atoms with van der Waals surface area (Å²) in [6.07, 6.45) is 2.98. The fourth-order valence-corrected chi connectivity index (χ4v) is 7.92. The molecule has 3 fully saturated rings. The molecule has 0 spiro atoms. The van der Waals surface area contributed by atoms with Crippen LogP contribution >= 0.6 is 18.9 Å². The van der Waals surface area contributed by atoms with E-state index in [0.717, 1.165) is 29.7 Å². The molecule has 5 heterocycles. The largest absolute Gasteiger partial charge is 0.340 e. The van der Waals surface area contributed by atoms with Gasteiger partial charge in [0.15, 0.2) is 0 Å². The summed E-state index contributed by atoms with van der Waals surface area (Å²) in [5.74, 6) is -0.641. The number of benzene rings is 1. The van der Waals surface area contributed by atoms with Crippen LogP contribution in [0, 0.1) is 11.3 Å². The smallest absolute Gasteiger partial charge is 0.329 e. The van der Waals surface area contributed by atoms with E-state index in [4.69, 9.17) is 5.26 Å². The minimum Gasteiger partial charge on any atom is -0.340 e. The van der Waals surface area contributed by atoms with Gasteiger partial charge in [0.25, 0.3) is 5.91 Å². The lowest BCUT2D eigenvalue weighted by atomic mass is 9.94. The monoisotopic (exact) mass is 607 g/mol. The predicted molar refractivity (Wildman–Crippen MR) is 155 cm³/mol.